The van der Waals surface area contributed by atoms with Crippen LogP contribution in [0.4, 0.5) is 5.13 Å². The van der Waals surface area contributed by atoms with Gasteiger partial charge in [0.05, 0.1) is 12.2 Å². The molecule has 0 atom stereocenters. The van der Waals surface area contributed by atoms with Crippen LogP contribution in [0.3, 0.4) is 0 Å². The Morgan fingerprint density at radius 2 is 2.10 bits per heavy atom. The number of aromatic nitrogens is 1. The first-order chi connectivity index (χ1) is 9.69. The Hall–Kier alpha value is -0.570. The zero-order valence-corrected chi connectivity index (χ0v) is 16.2. The van der Waals surface area contributed by atoms with Crippen molar-refractivity contribution >= 4 is 46.4 Å². The number of hydrogen-bond acceptors (Lipinski definition) is 4. The fourth-order valence-electron chi connectivity index (χ4n) is 2.39. The Bertz CT molecular complexity index is 440. The van der Waals surface area contributed by atoms with E-state index < -0.39 is 0 Å². The molecule has 120 valence electrons. The van der Waals surface area contributed by atoms with Crippen LogP contribution < -0.4 is 15.5 Å². The fraction of sp³-hybridized carbons (Fsp3) is 0.714. The number of nitrogens with one attached hydrogen (secondary N) is 2. The Morgan fingerprint density at radius 1 is 1.38 bits per heavy atom. The molecule has 1 fully saturated rings. The molecule has 0 spiro atoms. The van der Waals surface area contributed by atoms with Crippen LogP contribution in [0.2, 0.25) is 0 Å². The number of halogens is 1. The molecule has 1 aromatic rings. The van der Waals surface area contributed by atoms with Gasteiger partial charge in [-0.15, -0.1) is 35.3 Å². The quantitative estimate of drug-likeness (QED) is 0.444. The van der Waals surface area contributed by atoms with Gasteiger partial charge in [-0.05, 0) is 12.8 Å². The van der Waals surface area contributed by atoms with Gasteiger partial charge in [0.2, 0.25) is 0 Å². The summed E-state index contributed by atoms with van der Waals surface area (Å²) in [6, 6.07) is 0.572. The van der Waals surface area contributed by atoms with E-state index in [1.165, 1.54) is 32.1 Å². The molecule has 0 unspecified atom stereocenters. The highest BCUT2D eigenvalue weighted by atomic mass is 127. The predicted octanol–water partition coefficient (Wildman–Crippen LogP) is 2.82. The normalized spacial score (nSPS) is 16.2. The number of thiazole rings is 1. The molecule has 0 aliphatic heterocycles. The van der Waals surface area contributed by atoms with Gasteiger partial charge in [-0.3, -0.25) is 4.99 Å². The molecule has 7 heteroatoms. The zero-order chi connectivity index (χ0) is 14.4. The van der Waals surface area contributed by atoms with Crippen molar-refractivity contribution in [2.24, 2.45) is 4.99 Å². The van der Waals surface area contributed by atoms with Crippen LogP contribution in [-0.4, -0.2) is 38.1 Å². The number of anilines is 1. The zero-order valence-electron chi connectivity index (χ0n) is 13.1. The van der Waals surface area contributed by atoms with E-state index in [0.717, 1.165) is 23.3 Å². The predicted molar refractivity (Wildman–Crippen MR) is 102 cm³/mol. The lowest BCUT2D eigenvalue weighted by Crippen LogP contribution is -2.43. The van der Waals surface area contributed by atoms with Gasteiger partial charge in [0.1, 0.15) is 0 Å². The molecule has 0 saturated heterocycles. The summed E-state index contributed by atoms with van der Waals surface area (Å²) in [7, 11) is 5.85. The maximum atomic E-state index is 4.56. The average molecular weight is 423 g/mol. The highest BCUT2D eigenvalue weighted by Gasteiger charge is 2.14. The molecule has 5 nitrogen and oxygen atoms in total. The minimum absolute atomic E-state index is 0. The van der Waals surface area contributed by atoms with E-state index in [4.69, 9.17) is 0 Å². The molecule has 1 heterocycles. The largest absolute Gasteiger partial charge is 0.354 e. The molecule has 0 amide bonds. The van der Waals surface area contributed by atoms with Gasteiger partial charge >= 0.3 is 0 Å². The maximum absolute atomic E-state index is 4.56. The average Bonchev–Trinajstić information content (AvgIpc) is 2.93. The first-order valence-corrected chi connectivity index (χ1v) is 8.16. The van der Waals surface area contributed by atoms with Crippen LogP contribution in [0.15, 0.2) is 10.4 Å². The third-order valence-corrected chi connectivity index (χ3v) is 4.59. The highest BCUT2D eigenvalue weighted by molar-refractivity contribution is 14.0. The summed E-state index contributed by atoms with van der Waals surface area (Å²) in [6.45, 7) is 0.719. The lowest BCUT2D eigenvalue weighted by Gasteiger charge is -2.24. The Balaban J connectivity index is 0.00000220. The Kier molecular flexibility index (Phi) is 8.31. The van der Waals surface area contributed by atoms with E-state index >= 15 is 0 Å². The van der Waals surface area contributed by atoms with Crippen LogP contribution in [0, 0.1) is 0 Å². The fourth-order valence-corrected chi connectivity index (χ4v) is 3.15. The molecule has 1 saturated carbocycles. The van der Waals surface area contributed by atoms with Gasteiger partial charge < -0.3 is 15.5 Å². The second-order valence-electron chi connectivity index (χ2n) is 5.42. The minimum atomic E-state index is 0. The van der Waals surface area contributed by atoms with Gasteiger partial charge in [-0.1, -0.05) is 19.3 Å². The topological polar surface area (TPSA) is 52.6 Å². The van der Waals surface area contributed by atoms with Crippen LogP contribution in [0.1, 0.15) is 37.8 Å². The lowest BCUT2D eigenvalue weighted by molar-refractivity contribution is 0.410. The summed E-state index contributed by atoms with van der Waals surface area (Å²) >= 11 is 1.67. The number of rotatable bonds is 4. The second-order valence-corrected chi connectivity index (χ2v) is 6.26. The third-order valence-electron chi connectivity index (χ3n) is 3.53. The van der Waals surface area contributed by atoms with Crippen LogP contribution in [0.25, 0.3) is 0 Å². The molecule has 21 heavy (non-hydrogen) atoms. The molecule has 0 bridgehead atoms. The molecule has 1 aromatic heterocycles. The summed E-state index contributed by atoms with van der Waals surface area (Å²) in [5.74, 6) is 0.885. The summed E-state index contributed by atoms with van der Waals surface area (Å²) in [6.07, 6.45) is 6.53. The summed E-state index contributed by atoms with van der Waals surface area (Å²) in [5, 5.41) is 9.99. The minimum Gasteiger partial charge on any atom is -0.354 e. The maximum Gasteiger partial charge on any atom is 0.191 e. The SMILES string of the molecule is CN=C(NCc1csc(N(C)C)n1)NC1CCCCC1.I. The molecule has 0 radical (unpaired) electrons. The lowest BCUT2D eigenvalue weighted by atomic mass is 9.96. The van der Waals surface area contributed by atoms with Gasteiger partial charge in [0.15, 0.2) is 11.1 Å². The molecule has 0 aromatic carbocycles. The summed E-state index contributed by atoms with van der Waals surface area (Å²) in [5.41, 5.74) is 1.06. The standard InChI is InChI=1S/C14H25N5S.HI/c1-15-13(17-11-7-5-4-6-8-11)16-9-12-10-20-14(18-12)19(2)3;/h10-11H,4-9H2,1-3H3,(H2,15,16,17);1H. The van der Waals surface area contributed by atoms with E-state index in [2.05, 4.69) is 26.0 Å². The van der Waals surface area contributed by atoms with Crippen molar-refractivity contribution in [1.82, 2.24) is 15.6 Å². The monoisotopic (exact) mass is 423 g/mol. The Labute approximate surface area is 148 Å². The van der Waals surface area contributed by atoms with Crippen molar-refractivity contribution in [3.63, 3.8) is 0 Å². The van der Waals surface area contributed by atoms with Crippen molar-refractivity contribution in [1.29, 1.82) is 0 Å². The number of aliphatic imine (C=N–C) groups is 1. The smallest absolute Gasteiger partial charge is 0.191 e. The van der Waals surface area contributed by atoms with E-state index in [0.29, 0.717) is 6.04 Å². The molecule has 2 rings (SSSR count). The highest BCUT2D eigenvalue weighted by Crippen LogP contribution is 2.18. The third kappa shape index (κ3) is 5.98. The molecular weight excluding hydrogens is 397 g/mol. The van der Waals surface area contributed by atoms with Crippen LogP contribution in [0.5, 0.6) is 0 Å². The first-order valence-electron chi connectivity index (χ1n) is 7.28. The molecule has 2 N–H and O–H groups in total. The van der Waals surface area contributed by atoms with Crippen LogP contribution >= 0.6 is 35.3 Å². The van der Waals surface area contributed by atoms with Gasteiger partial charge in [0.25, 0.3) is 0 Å². The Morgan fingerprint density at radius 3 is 2.67 bits per heavy atom. The van der Waals surface area contributed by atoms with Crippen molar-refractivity contribution in [2.75, 3.05) is 26.0 Å². The van der Waals surface area contributed by atoms with Crippen LogP contribution in [-0.2, 0) is 6.54 Å². The summed E-state index contributed by atoms with van der Waals surface area (Å²) < 4.78 is 0. The van der Waals surface area contributed by atoms with Gasteiger partial charge in [-0.2, -0.15) is 0 Å². The molecule has 1 aliphatic carbocycles. The van der Waals surface area contributed by atoms with Gasteiger partial charge in [0, 0.05) is 32.6 Å². The number of hydrogen-bond donors (Lipinski definition) is 2. The van der Waals surface area contributed by atoms with E-state index in [9.17, 15) is 0 Å². The van der Waals surface area contributed by atoms with Crippen molar-refractivity contribution in [3.05, 3.63) is 11.1 Å². The summed E-state index contributed by atoms with van der Waals surface area (Å²) in [4.78, 5) is 10.9. The van der Waals surface area contributed by atoms with Gasteiger partial charge in [-0.25, -0.2) is 4.98 Å². The number of guanidine groups is 1. The van der Waals surface area contributed by atoms with E-state index in [-0.39, 0.29) is 24.0 Å². The second kappa shape index (κ2) is 9.45. The van der Waals surface area contributed by atoms with Crippen molar-refractivity contribution in [2.45, 2.75) is 44.7 Å². The first kappa shape index (κ1) is 18.5. The van der Waals surface area contributed by atoms with E-state index in [1.807, 2.05) is 26.0 Å². The van der Waals surface area contributed by atoms with Crippen molar-refractivity contribution in [3.8, 4) is 0 Å². The number of nitrogens with zero attached hydrogens (tertiary/aromatic N) is 3. The van der Waals surface area contributed by atoms with E-state index in [1.54, 1.807) is 11.3 Å². The van der Waals surface area contributed by atoms with Crippen molar-refractivity contribution < 1.29 is 0 Å². The molecular formula is C14H26IN5S. The molecule has 1 aliphatic rings.